The quantitative estimate of drug-likeness (QED) is 0.624. The molecule has 1 heterocycles. The fourth-order valence-electron chi connectivity index (χ4n) is 3.62. The highest BCUT2D eigenvalue weighted by Crippen LogP contribution is 2.28. The first-order chi connectivity index (χ1) is 15.1. The summed E-state index contributed by atoms with van der Waals surface area (Å²) in [4.78, 5) is 25.1. The number of hydrogen-bond acceptors (Lipinski definition) is 5. The monoisotopic (exact) mass is 478 g/mol. The van der Waals surface area contributed by atoms with Crippen molar-refractivity contribution in [1.29, 1.82) is 0 Å². The minimum Gasteiger partial charge on any atom is -0.449 e. The van der Waals surface area contributed by atoms with Crippen molar-refractivity contribution in [2.45, 2.75) is 51.0 Å². The molecule has 1 atom stereocenters. The predicted octanol–water partition coefficient (Wildman–Crippen LogP) is 4.32. The van der Waals surface area contributed by atoms with Crippen LogP contribution in [0.2, 0.25) is 5.02 Å². The van der Waals surface area contributed by atoms with Gasteiger partial charge in [0.1, 0.15) is 0 Å². The molecule has 0 aromatic heterocycles. The largest absolute Gasteiger partial charge is 0.449 e. The number of amides is 1. The fraction of sp³-hybridized carbons (Fsp3) is 0.391. The van der Waals surface area contributed by atoms with E-state index in [1.165, 1.54) is 29.4 Å². The molecular weight excluding hydrogens is 452 g/mol. The summed E-state index contributed by atoms with van der Waals surface area (Å²) in [5.74, 6) is -1.23. The molecule has 7 nitrogen and oxygen atoms in total. The van der Waals surface area contributed by atoms with Gasteiger partial charge in [-0.2, -0.15) is 4.31 Å². The van der Waals surface area contributed by atoms with Gasteiger partial charge in [0.05, 0.1) is 21.2 Å². The van der Waals surface area contributed by atoms with Gasteiger partial charge in [-0.1, -0.05) is 35.2 Å². The van der Waals surface area contributed by atoms with Crippen molar-refractivity contribution in [3.05, 3.63) is 58.1 Å². The number of piperidine rings is 1. The van der Waals surface area contributed by atoms with Crippen molar-refractivity contribution in [1.82, 2.24) is 4.31 Å². The van der Waals surface area contributed by atoms with E-state index in [9.17, 15) is 18.0 Å². The van der Waals surface area contributed by atoms with E-state index in [2.05, 4.69) is 5.32 Å². The van der Waals surface area contributed by atoms with Crippen molar-refractivity contribution in [2.24, 2.45) is 0 Å². The lowest BCUT2D eigenvalue weighted by atomic mass is 10.1. The standard InChI is InChI=1S/C23H27ClN2O5S/c1-15-11-16(2)13-18(12-15)23(28)31-17(3)22(27)25-21-14-19(7-8-20(21)24)32(29,30)26-9-5-4-6-10-26/h7-8,11-14,17H,4-6,9-10H2,1-3H3,(H,25,27)/t17-/m0/s1. The summed E-state index contributed by atoms with van der Waals surface area (Å²) in [6, 6.07) is 9.49. The molecule has 0 saturated carbocycles. The van der Waals surface area contributed by atoms with Crippen LogP contribution in [0.15, 0.2) is 41.3 Å². The molecule has 3 rings (SSSR count). The highest BCUT2D eigenvalue weighted by atomic mass is 35.5. The first-order valence-corrected chi connectivity index (χ1v) is 12.3. The summed E-state index contributed by atoms with van der Waals surface area (Å²) >= 11 is 6.19. The van der Waals surface area contributed by atoms with E-state index in [-0.39, 0.29) is 15.6 Å². The average molecular weight is 479 g/mol. The molecule has 0 bridgehead atoms. The highest BCUT2D eigenvalue weighted by molar-refractivity contribution is 7.89. The van der Waals surface area contributed by atoms with Crippen LogP contribution in [0.3, 0.4) is 0 Å². The molecule has 0 radical (unpaired) electrons. The number of hydrogen-bond donors (Lipinski definition) is 1. The summed E-state index contributed by atoms with van der Waals surface area (Å²) in [5.41, 5.74) is 2.32. The Hall–Kier alpha value is -2.42. The molecule has 2 aromatic rings. The van der Waals surface area contributed by atoms with Gasteiger partial charge in [-0.05, 0) is 63.9 Å². The average Bonchev–Trinajstić information content (AvgIpc) is 2.75. The number of sulfonamides is 1. The molecule has 172 valence electrons. The number of ether oxygens (including phenoxy) is 1. The van der Waals surface area contributed by atoms with Crippen molar-refractivity contribution >= 4 is 39.2 Å². The predicted molar refractivity (Wildman–Crippen MR) is 123 cm³/mol. The van der Waals surface area contributed by atoms with E-state index in [4.69, 9.17) is 16.3 Å². The van der Waals surface area contributed by atoms with Crippen LogP contribution < -0.4 is 5.32 Å². The Bertz CT molecular complexity index is 1110. The third-order valence-corrected chi connectivity index (χ3v) is 7.48. The number of nitrogens with zero attached hydrogens (tertiary/aromatic N) is 1. The van der Waals surface area contributed by atoms with E-state index < -0.39 is 28.0 Å². The van der Waals surface area contributed by atoms with Crippen LogP contribution in [0, 0.1) is 13.8 Å². The Morgan fingerprint density at radius 1 is 1.03 bits per heavy atom. The van der Waals surface area contributed by atoms with Crippen LogP contribution in [0.1, 0.15) is 47.7 Å². The first kappa shape index (κ1) is 24.2. The number of halogens is 1. The van der Waals surface area contributed by atoms with Crippen LogP contribution >= 0.6 is 11.6 Å². The topological polar surface area (TPSA) is 92.8 Å². The maximum absolute atomic E-state index is 12.9. The van der Waals surface area contributed by atoms with Crippen molar-refractivity contribution in [2.75, 3.05) is 18.4 Å². The van der Waals surface area contributed by atoms with Crippen LogP contribution in [-0.4, -0.2) is 43.8 Å². The van der Waals surface area contributed by atoms with E-state index in [1.54, 1.807) is 12.1 Å². The zero-order chi connectivity index (χ0) is 23.5. The number of carbonyl (C=O) groups is 2. The van der Waals surface area contributed by atoms with Gasteiger partial charge in [0.15, 0.2) is 6.10 Å². The maximum Gasteiger partial charge on any atom is 0.338 e. The highest BCUT2D eigenvalue weighted by Gasteiger charge is 2.27. The minimum absolute atomic E-state index is 0.0546. The number of carbonyl (C=O) groups excluding carboxylic acids is 2. The van der Waals surface area contributed by atoms with Gasteiger partial charge in [-0.3, -0.25) is 4.79 Å². The molecule has 1 fully saturated rings. The molecule has 0 aliphatic carbocycles. The summed E-state index contributed by atoms with van der Waals surface area (Å²) in [6.07, 6.45) is 1.54. The summed E-state index contributed by atoms with van der Waals surface area (Å²) in [6.45, 7) is 6.12. The summed E-state index contributed by atoms with van der Waals surface area (Å²) in [5, 5.41) is 2.76. The lowest BCUT2D eigenvalue weighted by Crippen LogP contribution is -2.35. The zero-order valence-corrected chi connectivity index (χ0v) is 19.9. The molecule has 9 heteroatoms. The van der Waals surface area contributed by atoms with Gasteiger partial charge in [0.2, 0.25) is 10.0 Å². The van der Waals surface area contributed by atoms with Crippen LogP contribution in [0.5, 0.6) is 0 Å². The number of nitrogens with one attached hydrogen (secondary N) is 1. The molecule has 0 spiro atoms. The molecule has 32 heavy (non-hydrogen) atoms. The summed E-state index contributed by atoms with van der Waals surface area (Å²) < 4.78 is 32.6. The maximum atomic E-state index is 12.9. The molecule has 1 saturated heterocycles. The Morgan fingerprint density at radius 3 is 2.28 bits per heavy atom. The van der Waals surface area contributed by atoms with Gasteiger partial charge < -0.3 is 10.1 Å². The van der Waals surface area contributed by atoms with E-state index >= 15 is 0 Å². The van der Waals surface area contributed by atoms with Gasteiger partial charge in [-0.25, -0.2) is 13.2 Å². The van der Waals surface area contributed by atoms with Crippen molar-refractivity contribution in [3.63, 3.8) is 0 Å². The smallest absolute Gasteiger partial charge is 0.338 e. The van der Waals surface area contributed by atoms with Gasteiger partial charge >= 0.3 is 5.97 Å². The third kappa shape index (κ3) is 5.68. The molecule has 2 aromatic carbocycles. The Balaban J connectivity index is 1.72. The molecule has 0 unspecified atom stereocenters. The Morgan fingerprint density at radius 2 is 1.66 bits per heavy atom. The first-order valence-electron chi connectivity index (χ1n) is 10.5. The number of aryl methyl sites for hydroxylation is 2. The molecule has 1 aliphatic rings. The van der Waals surface area contributed by atoms with Gasteiger partial charge in [-0.15, -0.1) is 0 Å². The lowest BCUT2D eigenvalue weighted by Gasteiger charge is -2.26. The molecule has 1 amide bonds. The SMILES string of the molecule is Cc1cc(C)cc(C(=O)O[C@@H](C)C(=O)Nc2cc(S(=O)(=O)N3CCCCC3)ccc2Cl)c1. The third-order valence-electron chi connectivity index (χ3n) is 5.26. The van der Waals surface area contributed by atoms with E-state index in [1.807, 2.05) is 19.9 Å². The number of rotatable bonds is 6. The summed E-state index contributed by atoms with van der Waals surface area (Å²) in [7, 11) is -3.68. The number of anilines is 1. The van der Waals surface area contributed by atoms with Gasteiger partial charge in [0.25, 0.3) is 5.91 Å². The number of esters is 1. The van der Waals surface area contributed by atoms with Crippen LogP contribution in [0.25, 0.3) is 0 Å². The lowest BCUT2D eigenvalue weighted by molar-refractivity contribution is -0.123. The van der Waals surface area contributed by atoms with Crippen molar-refractivity contribution < 1.29 is 22.7 Å². The fourth-order valence-corrected chi connectivity index (χ4v) is 5.33. The van der Waals surface area contributed by atoms with E-state index in [0.29, 0.717) is 18.7 Å². The number of benzene rings is 2. The molecular formula is C23H27ClN2O5S. The second-order valence-corrected chi connectivity index (χ2v) is 10.4. The van der Waals surface area contributed by atoms with Gasteiger partial charge in [0, 0.05) is 13.1 Å². The Kier molecular flexibility index (Phi) is 7.59. The second kappa shape index (κ2) is 10.0. The second-order valence-electron chi connectivity index (χ2n) is 8.02. The normalized spacial score (nSPS) is 15.8. The van der Waals surface area contributed by atoms with Crippen molar-refractivity contribution in [3.8, 4) is 0 Å². The van der Waals surface area contributed by atoms with E-state index in [0.717, 1.165) is 30.4 Å². The minimum atomic E-state index is -3.68. The van der Waals surface area contributed by atoms with Crippen LogP contribution in [-0.2, 0) is 19.6 Å². The van der Waals surface area contributed by atoms with Crippen LogP contribution in [0.4, 0.5) is 5.69 Å². The zero-order valence-electron chi connectivity index (χ0n) is 18.4. The molecule has 1 aliphatic heterocycles. The Labute approximate surface area is 193 Å². The molecule has 1 N–H and O–H groups in total.